The van der Waals surface area contributed by atoms with Crippen molar-refractivity contribution in [2.45, 2.75) is 97.6 Å². The zero-order valence-corrected chi connectivity index (χ0v) is 30.4. The molecule has 0 atom stereocenters. The third-order valence-electron chi connectivity index (χ3n) is 6.57. The number of hydroxylamine groups is 4. The van der Waals surface area contributed by atoms with Gasteiger partial charge in [0, 0.05) is 49.0 Å². The summed E-state index contributed by atoms with van der Waals surface area (Å²) < 4.78 is 73.5. The molecular formula is C31H40Cl2F6N6O6. The van der Waals surface area contributed by atoms with Crippen LogP contribution in [0.15, 0.2) is 30.5 Å². The first-order valence-electron chi connectivity index (χ1n) is 15.3. The highest BCUT2D eigenvalue weighted by molar-refractivity contribution is 6.32. The van der Waals surface area contributed by atoms with Gasteiger partial charge >= 0.3 is 24.4 Å². The number of aromatic nitrogens is 2. The minimum Gasteiger partial charge on any atom is -0.375 e. The van der Waals surface area contributed by atoms with Crippen molar-refractivity contribution in [1.82, 2.24) is 30.7 Å². The first kappa shape index (κ1) is 45.0. The van der Waals surface area contributed by atoms with Gasteiger partial charge < -0.3 is 20.3 Å². The van der Waals surface area contributed by atoms with E-state index in [1.54, 1.807) is 32.9 Å². The number of Topliss-reactive ketones (excluding diaryl/α,β-unsaturated/α-hetero) is 2. The highest BCUT2D eigenvalue weighted by Gasteiger charge is 2.36. The monoisotopic (exact) mass is 776 g/mol. The van der Waals surface area contributed by atoms with E-state index < -0.39 is 72.7 Å². The average Bonchev–Trinajstić information content (AvgIpc) is 2.98. The van der Waals surface area contributed by atoms with Crippen LogP contribution in [0.25, 0.3) is 0 Å². The van der Waals surface area contributed by atoms with Crippen molar-refractivity contribution in [1.29, 1.82) is 0 Å². The third kappa shape index (κ3) is 17.1. The molecule has 0 aliphatic rings. The molecule has 0 saturated carbocycles. The standard InChI is InChI=1S/C16H22F3N3O3.C15H18Cl2F3N3O3/c1-5-22(25-12-7-9-20-11(2)10-12)14(24)21-15(3,4)13(23)6-8-16(17,18)19;1-4-23(26-9-7-11(16)21-12(17)8-9)13(25)22-14(2,3)10(24)5-6-15(18,19)20/h7,9-10H,5-6,8H2,1-4H3,(H,21,24);7-8H,4-6H2,1-3H3,(H,22,25). The van der Waals surface area contributed by atoms with E-state index in [1.807, 2.05) is 0 Å². The number of halogens is 8. The predicted molar refractivity (Wildman–Crippen MR) is 175 cm³/mol. The van der Waals surface area contributed by atoms with Gasteiger partial charge in [0.1, 0.15) is 10.3 Å². The molecule has 286 valence electrons. The lowest BCUT2D eigenvalue weighted by Gasteiger charge is -2.29. The number of carbonyl (C=O) groups excluding carboxylic acids is 4. The first-order chi connectivity index (χ1) is 23.3. The average molecular weight is 778 g/mol. The van der Waals surface area contributed by atoms with Crippen LogP contribution in [-0.2, 0) is 9.59 Å². The Bertz CT molecular complexity index is 1490. The van der Waals surface area contributed by atoms with Gasteiger partial charge in [-0.05, 0) is 48.5 Å². The quantitative estimate of drug-likeness (QED) is 0.112. The second-order valence-corrected chi connectivity index (χ2v) is 12.6. The molecule has 2 rings (SSSR count). The number of urea groups is 2. The maximum absolute atomic E-state index is 12.3. The number of nitrogens with one attached hydrogen (secondary N) is 2. The first-order valence-corrected chi connectivity index (χ1v) is 16.0. The zero-order valence-electron chi connectivity index (χ0n) is 28.9. The second-order valence-electron chi connectivity index (χ2n) is 11.8. The summed E-state index contributed by atoms with van der Waals surface area (Å²) in [4.78, 5) is 67.1. The lowest BCUT2D eigenvalue weighted by Crippen LogP contribution is -2.55. The molecule has 2 heterocycles. The minimum absolute atomic E-state index is 0.0478. The van der Waals surface area contributed by atoms with Crippen LogP contribution in [0.1, 0.15) is 72.9 Å². The minimum atomic E-state index is -4.45. The Labute approximate surface area is 301 Å². The smallest absolute Gasteiger partial charge is 0.375 e. The number of aryl methyl sites for hydroxylation is 1. The lowest BCUT2D eigenvalue weighted by atomic mass is 9.95. The summed E-state index contributed by atoms with van der Waals surface area (Å²) in [7, 11) is 0. The Morgan fingerprint density at radius 1 is 0.725 bits per heavy atom. The number of amides is 4. The van der Waals surface area contributed by atoms with Crippen LogP contribution in [0.4, 0.5) is 35.9 Å². The van der Waals surface area contributed by atoms with Crippen LogP contribution in [0.3, 0.4) is 0 Å². The van der Waals surface area contributed by atoms with Crippen LogP contribution in [0.5, 0.6) is 11.5 Å². The van der Waals surface area contributed by atoms with Gasteiger partial charge in [0.2, 0.25) is 0 Å². The van der Waals surface area contributed by atoms with Gasteiger partial charge in [-0.3, -0.25) is 14.6 Å². The van der Waals surface area contributed by atoms with Gasteiger partial charge in [0.25, 0.3) is 0 Å². The van der Waals surface area contributed by atoms with E-state index in [4.69, 9.17) is 32.9 Å². The molecular weight excluding hydrogens is 737 g/mol. The molecule has 4 amide bonds. The highest BCUT2D eigenvalue weighted by atomic mass is 35.5. The number of rotatable bonds is 14. The van der Waals surface area contributed by atoms with Gasteiger partial charge in [0.05, 0.1) is 37.0 Å². The largest absolute Gasteiger partial charge is 0.389 e. The van der Waals surface area contributed by atoms with Gasteiger partial charge in [-0.2, -0.15) is 36.5 Å². The van der Waals surface area contributed by atoms with Crippen LogP contribution >= 0.6 is 23.2 Å². The Hall–Kier alpha value is -4.06. The van der Waals surface area contributed by atoms with E-state index in [0.717, 1.165) is 10.1 Å². The van der Waals surface area contributed by atoms with Gasteiger partial charge in [-0.1, -0.05) is 23.2 Å². The molecule has 0 fully saturated rings. The van der Waals surface area contributed by atoms with Crippen LogP contribution < -0.4 is 20.3 Å². The van der Waals surface area contributed by atoms with Crippen molar-refractivity contribution >= 4 is 46.8 Å². The maximum atomic E-state index is 12.3. The van der Waals surface area contributed by atoms with Crippen molar-refractivity contribution in [3.8, 4) is 11.5 Å². The van der Waals surface area contributed by atoms with Gasteiger partial charge in [0.15, 0.2) is 23.1 Å². The number of nitrogens with zero attached hydrogens (tertiary/aromatic N) is 4. The molecule has 0 bridgehead atoms. The summed E-state index contributed by atoms with van der Waals surface area (Å²) in [6.07, 6.45) is -11.3. The van der Waals surface area contributed by atoms with E-state index in [1.165, 1.54) is 46.0 Å². The Kier molecular flexibility index (Phi) is 16.7. The molecule has 0 unspecified atom stereocenters. The van der Waals surface area contributed by atoms with Crippen molar-refractivity contribution < 1.29 is 55.2 Å². The van der Waals surface area contributed by atoms with Gasteiger partial charge in [-0.15, -0.1) is 0 Å². The molecule has 20 heteroatoms. The van der Waals surface area contributed by atoms with Crippen molar-refractivity contribution in [3.63, 3.8) is 0 Å². The Morgan fingerprint density at radius 2 is 1.12 bits per heavy atom. The molecule has 0 saturated heterocycles. The fourth-order valence-electron chi connectivity index (χ4n) is 3.76. The van der Waals surface area contributed by atoms with E-state index >= 15 is 0 Å². The summed E-state index contributed by atoms with van der Waals surface area (Å²) in [5, 5.41) is 6.72. The molecule has 0 radical (unpaired) electrons. The van der Waals surface area contributed by atoms with Crippen molar-refractivity contribution in [2.24, 2.45) is 0 Å². The fourth-order valence-corrected chi connectivity index (χ4v) is 4.20. The number of ketones is 2. The van der Waals surface area contributed by atoms with Gasteiger partial charge in [-0.25, -0.2) is 14.6 Å². The molecule has 0 aliphatic carbocycles. The normalized spacial score (nSPS) is 11.8. The van der Waals surface area contributed by atoms with Crippen molar-refractivity contribution in [3.05, 3.63) is 46.5 Å². The van der Waals surface area contributed by atoms with E-state index in [2.05, 4.69) is 20.6 Å². The van der Waals surface area contributed by atoms with Crippen LogP contribution in [-0.4, -0.2) is 80.2 Å². The summed E-state index contributed by atoms with van der Waals surface area (Å²) in [5.41, 5.74) is -2.27. The third-order valence-corrected chi connectivity index (χ3v) is 6.95. The van der Waals surface area contributed by atoms with E-state index in [-0.39, 0.29) is 29.1 Å². The van der Waals surface area contributed by atoms with Crippen LogP contribution in [0.2, 0.25) is 10.3 Å². The lowest BCUT2D eigenvalue weighted by molar-refractivity contribution is -0.145. The SMILES string of the molecule is CCN(Oc1cc(Cl)nc(Cl)c1)C(=O)NC(C)(C)C(=O)CCC(F)(F)F.CCN(Oc1ccnc(C)c1)C(=O)NC(C)(C)C(=O)CCC(F)(F)F. The van der Waals surface area contributed by atoms with Crippen molar-refractivity contribution in [2.75, 3.05) is 13.1 Å². The molecule has 51 heavy (non-hydrogen) atoms. The predicted octanol–water partition coefficient (Wildman–Crippen LogP) is 7.81. The summed E-state index contributed by atoms with van der Waals surface area (Å²) in [5.74, 6) is -0.956. The summed E-state index contributed by atoms with van der Waals surface area (Å²) >= 11 is 11.5. The molecule has 0 aliphatic heterocycles. The molecule has 2 aromatic rings. The highest BCUT2D eigenvalue weighted by Crippen LogP contribution is 2.25. The topological polar surface area (TPSA) is 143 Å². The Balaban J connectivity index is 0.000000510. The molecule has 0 aromatic carbocycles. The molecule has 2 aromatic heterocycles. The van der Waals surface area contributed by atoms with E-state index in [0.29, 0.717) is 11.4 Å². The summed E-state index contributed by atoms with van der Waals surface area (Å²) in [6.45, 7) is 10.6. The van der Waals surface area contributed by atoms with Crippen LogP contribution in [0, 0.1) is 6.92 Å². The summed E-state index contributed by atoms with van der Waals surface area (Å²) in [6, 6.07) is 4.30. The molecule has 2 N–H and O–H groups in total. The number of hydrogen-bond acceptors (Lipinski definition) is 8. The number of pyridine rings is 2. The van der Waals surface area contributed by atoms with E-state index in [9.17, 15) is 45.5 Å². The second kappa shape index (κ2) is 19.0. The number of carbonyl (C=O) groups is 4. The number of hydrogen-bond donors (Lipinski definition) is 2. The molecule has 12 nitrogen and oxygen atoms in total. The fraction of sp³-hybridized carbons (Fsp3) is 0.548. The zero-order chi connectivity index (χ0) is 39.4. The maximum Gasteiger partial charge on any atom is 0.389 e. The number of alkyl halides is 6. The Morgan fingerprint density at radius 3 is 1.47 bits per heavy atom. The molecule has 0 spiro atoms.